The quantitative estimate of drug-likeness (QED) is 0.872. The standard InChI is InChI=1S/C17H26N2/c1-17(2)9-10-19(13-17)12-15-5-3-14(4-6-15)11-18-16-7-8-16/h3-6,16,18H,7-13H2,1-2H3. The fourth-order valence-electron chi connectivity index (χ4n) is 2.93. The summed E-state index contributed by atoms with van der Waals surface area (Å²) in [5, 5.41) is 3.57. The van der Waals surface area contributed by atoms with Gasteiger partial charge in [-0.2, -0.15) is 0 Å². The van der Waals surface area contributed by atoms with Crippen molar-refractivity contribution in [2.75, 3.05) is 13.1 Å². The second-order valence-corrected chi connectivity index (χ2v) is 7.10. The van der Waals surface area contributed by atoms with Gasteiger partial charge in [-0.25, -0.2) is 0 Å². The first kappa shape index (κ1) is 13.1. The molecule has 2 aliphatic rings. The number of nitrogens with one attached hydrogen (secondary N) is 1. The summed E-state index contributed by atoms with van der Waals surface area (Å²) >= 11 is 0. The molecule has 1 aliphatic carbocycles. The van der Waals surface area contributed by atoms with E-state index in [-0.39, 0.29) is 0 Å². The van der Waals surface area contributed by atoms with Gasteiger partial charge < -0.3 is 5.32 Å². The number of hydrogen-bond acceptors (Lipinski definition) is 2. The van der Waals surface area contributed by atoms with Crippen molar-refractivity contribution < 1.29 is 0 Å². The van der Waals surface area contributed by atoms with E-state index in [0.29, 0.717) is 5.41 Å². The van der Waals surface area contributed by atoms with Gasteiger partial charge in [-0.15, -0.1) is 0 Å². The molecular formula is C17H26N2. The molecular weight excluding hydrogens is 232 g/mol. The van der Waals surface area contributed by atoms with Gasteiger partial charge in [0.25, 0.3) is 0 Å². The van der Waals surface area contributed by atoms with E-state index in [0.717, 1.165) is 19.1 Å². The van der Waals surface area contributed by atoms with Gasteiger partial charge in [0.1, 0.15) is 0 Å². The summed E-state index contributed by atoms with van der Waals surface area (Å²) in [5.74, 6) is 0. The zero-order valence-electron chi connectivity index (χ0n) is 12.3. The van der Waals surface area contributed by atoms with Crippen molar-refractivity contribution in [1.82, 2.24) is 10.2 Å². The van der Waals surface area contributed by atoms with Crippen molar-refractivity contribution in [3.63, 3.8) is 0 Å². The highest BCUT2D eigenvalue weighted by atomic mass is 15.1. The molecule has 1 aromatic rings. The molecule has 0 bridgehead atoms. The normalized spacial score (nSPS) is 22.8. The number of nitrogens with zero attached hydrogens (tertiary/aromatic N) is 1. The van der Waals surface area contributed by atoms with Crippen molar-refractivity contribution in [3.8, 4) is 0 Å². The second kappa shape index (κ2) is 5.26. The van der Waals surface area contributed by atoms with E-state index >= 15 is 0 Å². The minimum Gasteiger partial charge on any atom is -0.310 e. The molecule has 2 nitrogen and oxygen atoms in total. The van der Waals surface area contributed by atoms with Crippen LogP contribution in [-0.2, 0) is 13.1 Å². The molecule has 1 aromatic carbocycles. The average molecular weight is 258 g/mol. The highest BCUT2D eigenvalue weighted by Crippen LogP contribution is 2.29. The van der Waals surface area contributed by atoms with Gasteiger partial charge in [0, 0.05) is 25.7 Å². The van der Waals surface area contributed by atoms with E-state index < -0.39 is 0 Å². The topological polar surface area (TPSA) is 15.3 Å². The zero-order chi connectivity index (χ0) is 13.3. The van der Waals surface area contributed by atoms with Crippen LogP contribution in [0.1, 0.15) is 44.2 Å². The molecule has 0 aromatic heterocycles. The summed E-state index contributed by atoms with van der Waals surface area (Å²) in [5.41, 5.74) is 3.37. The summed E-state index contributed by atoms with van der Waals surface area (Å²) in [7, 11) is 0. The first-order chi connectivity index (χ1) is 9.11. The van der Waals surface area contributed by atoms with E-state index in [1.54, 1.807) is 0 Å². The third-order valence-corrected chi connectivity index (χ3v) is 4.36. The van der Waals surface area contributed by atoms with E-state index in [2.05, 4.69) is 48.3 Å². The molecule has 0 unspecified atom stereocenters. The van der Waals surface area contributed by atoms with Crippen molar-refractivity contribution in [2.45, 2.75) is 52.2 Å². The molecule has 1 heterocycles. The van der Waals surface area contributed by atoms with Gasteiger partial charge in [0.15, 0.2) is 0 Å². The van der Waals surface area contributed by atoms with Crippen molar-refractivity contribution in [1.29, 1.82) is 0 Å². The van der Waals surface area contributed by atoms with Crippen LogP contribution in [0.15, 0.2) is 24.3 Å². The second-order valence-electron chi connectivity index (χ2n) is 7.10. The molecule has 0 atom stereocenters. The van der Waals surface area contributed by atoms with Crippen molar-refractivity contribution >= 4 is 0 Å². The zero-order valence-corrected chi connectivity index (χ0v) is 12.3. The number of likely N-dealkylation sites (tertiary alicyclic amines) is 1. The highest BCUT2D eigenvalue weighted by Gasteiger charge is 2.28. The Morgan fingerprint density at radius 1 is 1.16 bits per heavy atom. The summed E-state index contributed by atoms with van der Waals surface area (Å²) in [6.07, 6.45) is 4.06. The van der Waals surface area contributed by atoms with Gasteiger partial charge in [0.2, 0.25) is 0 Å². The summed E-state index contributed by atoms with van der Waals surface area (Å²) < 4.78 is 0. The molecule has 104 valence electrons. The van der Waals surface area contributed by atoms with Crippen LogP contribution in [-0.4, -0.2) is 24.0 Å². The van der Waals surface area contributed by atoms with Crippen LogP contribution in [0.25, 0.3) is 0 Å². The highest BCUT2D eigenvalue weighted by molar-refractivity contribution is 5.22. The molecule has 2 heteroatoms. The van der Waals surface area contributed by atoms with Crippen molar-refractivity contribution in [2.24, 2.45) is 5.41 Å². The molecule has 0 radical (unpaired) electrons. The smallest absolute Gasteiger partial charge is 0.0233 e. The lowest BCUT2D eigenvalue weighted by Crippen LogP contribution is -2.22. The Bertz CT molecular complexity index is 417. The first-order valence-corrected chi connectivity index (χ1v) is 7.64. The van der Waals surface area contributed by atoms with Gasteiger partial charge in [0.05, 0.1) is 0 Å². The van der Waals surface area contributed by atoms with E-state index in [9.17, 15) is 0 Å². The van der Waals surface area contributed by atoms with E-state index in [1.165, 1.54) is 43.5 Å². The van der Waals surface area contributed by atoms with Crippen LogP contribution in [0, 0.1) is 5.41 Å². The van der Waals surface area contributed by atoms with Crippen molar-refractivity contribution in [3.05, 3.63) is 35.4 Å². The molecule has 1 N–H and O–H groups in total. The molecule has 19 heavy (non-hydrogen) atoms. The monoisotopic (exact) mass is 258 g/mol. The number of hydrogen-bond donors (Lipinski definition) is 1. The Labute approximate surface area is 117 Å². The molecule has 0 spiro atoms. The fraction of sp³-hybridized carbons (Fsp3) is 0.647. The Morgan fingerprint density at radius 2 is 1.84 bits per heavy atom. The van der Waals surface area contributed by atoms with E-state index in [1.807, 2.05) is 0 Å². The number of rotatable bonds is 5. The predicted molar refractivity (Wildman–Crippen MR) is 80.0 cm³/mol. The summed E-state index contributed by atoms with van der Waals surface area (Å²) in [4.78, 5) is 2.58. The van der Waals surface area contributed by atoms with Crippen LogP contribution in [0.5, 0.6) is 0 Å². The Balaban J connectivity index is 1.51. The number of benzene rings is 1. The first-order valence-electron chi connectivity index (χ1n) is 7.64. The van der Waals surface area contributed by atoms with Crippen LogP contribution in [0.3, 0.4) is 0 Å². The molecule has 2 fully saturated rings. The molecule has 1 saturated heterocycles. The summed E-state index contributed by atoms with van der Waals surface area (Å²) in [6.45, 7) is 9.37. The molecule has 1 aliphatic heterocycles. The maximum absolute atomic E-state index is 3.57. The maximum Gasteiger partial charge on any atom is 0.0233 e. The minimum absolute atomic E-state index is 0.508. The lowest BCUT2D eigenvalue weighted by Gasteiger charge is -2.19. The van der Waals surface area contributed by atoms with Crippen LogP contribution in [0.2, 0.25) is 0 Å². The third kappa shape index (κ3) is 3.80. The van der Waals surface area contributed by atoms with Crippen LogP contribution in [0.4, 0.5) is 0 Å². The average Bonchev–Trinajstić information content (AvgIpc) is 3.14. The Morgan fingerprint density at radius 3 is 2.42 bits per heavy atom. The lowest BCUT2D eigenvalue weighted by molar-refractivity contribution is 0.284. The SMILES string of the molecule is CC1(C)CCN(Cc2ccc(CNC3CC3)cc2)C1. The third-order valence-electron chi connectivity index (χ3n) is 4.36. The Kier molecular flexibility index (Phi) is 3.64. The van der Waals surface area contributed by atoms with Gasteiger partial charge in [-0.3, -0.25) is 4.90 Å². The van der Waals surface area contributed by atoms with Gasteiger partial charge in [-0.1, -0.05) is 38.1 Å². The molecule has 1 saturated carbocycles. The maximum atomic E-state index is 3.57. The van der Waals surface area contributed by atoms with Crippen LogP contribution < -0.4 is 5.32 Å². The minimum atomic E-state index is 0.508. The van der Waals surface area contributed by atoms with Crippen LogP contribution >= 0.6 is 0 Å². The summed E-state index contributed by atoms with van der Waals surface area (Å²) in [6, 6.07) is 9.97. The van der Waals surface area contributed by atoms with E-state index in [4.69, 9.17) is 0 Å². The Hall–Kier alpha value is -0.860. The van der Waals surface area contributed by atoms with Gasteiger partial charge in [-0.05, 0) is 42.3 Å². The largest absolute Gasteiger partial charge is 0.310 e. The predicted octanol–water partition coefficient (Wildman–Crippen LogP) is 3.17. The lowest BCUT2D eigenvalue weighted by atomic mass is 9.93. The fourth-order valence-corrected chi connectivity index (χ4v) is 2.93. The molecule has 3 rings (SSSR count). The molecule has 0 amide bonds. The van der Waals surface area contributed by atoms with Gasteiger partial charge >= 0.3 is 0 Å².